The molecule has 1 aliphatic heterocycles. The molecule has 1 saturated heterocycles. The van der Waals surface area contributed by atoms with Crippen LogP contribution in [0, 0.1) is 0 Å². The van der Waals surface area contributed by atoms with Gasteiger partial charge in [0.2, 0.25) is 0 Å². The van der Waals surface area contributed by atoms with Crippen molar-refractivity contribution in [2.75, 3.05) is 35.0 Å². The molecule has 2 N–H and O–H groups in total. The van der Waals surface area contributed by atoms with E-state index in [0.717, 1.165) is 22.2 Å². The Morgan fingerprint density at radius 2 is 1.55 bits per heavy atom. The molecule has 4 aromatic rings. The molecule has 0 bridgehead atoms. The molecule has 3 aromatic carbocycles. The summed E-state index contributed by atoms with van der Waals surface area (Å²) in [4.78, 5) is 31.7. The minimum atomic E-state index is -0.807. The summed E-state index contributed by atoms with van der Waals surface area (Å²) >= 11 is 0. The maximum absolute atomic E-state index is 13.5. The van der Waals surface area contributed by atoms with Crippen LogP contribution in [0.1, 0.15) is 22.7 Å². The minimum absolute atomic E-state index is 0.00276. The van der Waals surface area contributed by atoms with Gasteiger partial charge in [-0.3, -0.25) is 9.59 Å². The number of aromatic amines is 1. The summed E-state index contributed by atoms with van der Waals surface area (Å²) in [5.74, 6) is 0.488. The van der Waals surface area contributed by atoms with Gasteiger partial charge in [0.05, 0.1) is 40.1 Å². The predicted octanol–water partition coefficient (Wildman–Crippen LogP) is 4.87. The molecule has 40 heavy (non-hydrogen) atoms. The van der Waals surface area contributed by atoms with E-state index in [0.29, 0.717) is 34.8 Å². The zero-order valence-corrected chi connectivity index (χ0v) is 22.7. The van der Waals surface area contributed by atoms with Crippen molar-refractivity contribution < 1.29 is 33.6 Å². The number of amides is 1. The van der Waals surface area contributed by atoms with Crippen LogP contribution in [0.4, 0.5) is 0 Å². The van der Waals surface area contributed by atoms with Gasteiger partial charge in [0.15, 0.2) is 11.5 Å². The number of hydrogen-bond acceptors (Lipinski definition) is 7. The number of rotatable bonds is 9. The minimum Gasteiger partial charge on any atom is -0.507 e. The van der Waals surface area contributed by atoms with E-state index in [1.54, 1.807) is 56.7 Å². The molecule has 1 aliphatic rings. The third-order valence-electron chi connectivity index (χ3n) is 7.23. The topological polar surface area (TPSA) is 110 Å². The molecule has 9 heteroatoms. The third kappa shape index (κ3) is 4.70. The van der Waals surface area contributed by atoms with E-state index in [2.05, 4.69) is 4.98 Å². The van der Waals surface area contributed by atoms with Crippen molar-refractivity contribution in [1.29, 1.82) is 0 Å². The predicted molar refractivity (Wildman–Crippen MR) is 150 cm³/mol. The first-order valence-electron chi connectivity index (χ1n) is 12.7. The largest absolute Gasteiger partial charge is 0.507 e. The average molecular weight is 543 g/mol. The number of Topliss-reactive ketones (excluding diaryl/α,β-unsaturated/α-hetero) is 1. The molecule has 0 radical (unpaired) electrons. The lowest BCUT2D eigenvalue weighted by atomic mass is 9.95. The molecule has 2 heterocycles. The maximum atomic E-state index is 13.5. The van der Waals surface area contributed by atoms with Gasteiger partial charge in [-0.25, -0.2) is 0 Å². The second-order valence-electron chi connectivity index (χ2n) is 9.31. The van der Waals surface area contributed by atoms with Gasteiger partial charge in [-0.1, -0.05) is 12.1 Å². The number of nitrogens with zero attached hydrogens (tertiary/aromatic N) is 1. The van der Waals surface area contributed by atoms with Crippen molar-refractivity contribution in [1.82, 2.24) is 9.88 Å². The molecule has 0 saturated carbocycles. The Kier molecular flexibility index (Phi) is 7.37. The number of hydrogen-bond donors (Lipinski definition) is 2. The number of nitrogens with one attached hydrogen (secondary N) is 1. The van der Waals surface area contributed by atoms with E-state index in [1.165, 1.54) is 19.1 Å². The van der Waals surface area contributed by atoms with Crippen LogP contribution in [0.5, 0.6) is 23.0 Å². The Morgan fingerprint density at radius 3 is 2.23 bits per heavy atom. The van der Waals surface area contributed by atoms with Crippen LogP contribution in [0.15, 0.2) is 72.4 Å². The van der Waals surface area contributed by atoms with Crippen molar-refractivity contribution in [3.63, 3.8) is 0 Å². The average Bonchev–Trinajstić information content (AvgIpc) is 3.52. The standard InChI is InChI=1S/C31H30N2O7/c1-37-21-8-5-18(6-9-21)28-27(29(34)19-7-12-25(39-3)26(15-19)40-4)30(35)31(36)33(28)14-13-20-17-32-24-11-10-22(38-2)16-23(20)24/h5-12,15-17,28,32,34H,13-14H2,1-4H3/b29-27-. The van der Waals surface area contributed by atoms with Crippen molar-refractivity contribution >= 4 is 28.4 Å². The fourth-order valence-electron chi connectivity index (χ4n) is 5.11. The van der Waals surface area contributed by atoms with Gasteiger partial charge in [0, 0.05) is 29.2 Å². The summed E-state index contributed by atoms with van der Waals surface area (Å²) in [7, 11) is 6.17. The molecule has 0 aliphatic carbocycles. The summed E-state index contributed by atoms with van der Waals surface area (Å²) in [6.07, 6.45) is 2.37. The number of likely N-dealkylation sites (tertiary alicyclic amines) is 1. The quantitative estimate of drug-likeness (QED) is 0.176. The van der Waals surface area contributed by atoms with Gasteiger partial charge in [-0.05, 0) is 66.1 Å². The SMILES string of the molecule is COc1ccc(C2/C(=C(/O)c3ccc(OC)c(OC)c3)C(=O)C(=O)N2CCc2c[nH]c3ccc(OC)cc23)cc1. The molecule has 0 spiro atoms. The molecule has 1 atom stereocenters. The van der Waals surface area contributed by atoms with E-state index in [-0.39, 0.29) is 17.9 Å². The molecule has 1 unspecified atom stereocenters. The Labute approximate surface area is 231 Å². The van der Waals surface area contributed by atoms with E-state index < -0.39 is 17.7 Å². The number of ketones is 1. The highest BCUT2D eigenvalue weighted by molar-refractivity contribution is 6.46. The molecular weight excluding hydrogens is 512 g/mol. The Balaban J connectivity index is 1.57. The van der Waals surface area contributed by atoms with Crippen molar-refractivity contribution in [2.24, 2.45) is 0 Å². The van der Waals surface area contributed by atoms with E-state index in [1.807, 2.05) is 24.4 Å². The first-order valence-corrected chi connectivity index (χ1v) is 12.7. The van der Waals surface area contributed by atoms with Crippen LogP contribution in [0.25, 0.3) is 16.7 Å². The number of fused-ring (bicyclic) bond motifs is 1. The van der Waals surface area contributed by atoms with Crippen molar-refractivity contribution in [3.05, 3.63) is 89.1 Å². The monoisotopic (exact) mass is 542 g/mol. The smallest absolute Gasteiger partial charge is 0.295 e. The van der Waals surface area contributed by atoms with E-state index in [9.17, 15) is 14.7 Å². The first kappa shape index (κ1) is 26.7. The van der Waals surface area contributed by atoms with Crippen molar-refractivity contribution in [3.8, 4) is 23.0 Å². The number of aromatic nitrogens is 1. The van der Waals surface area contributed by atoms with E-state index >= 15 is 0 Å². The molecular formula is C31H30N2O7. The number of aliphatic hydroxyl groups excluding tert-OH is 1. The van der Waals surface area contributed by atoms with Crippen LogP contribution in [0.3, 0.4) is 0 Å². The zero-order chi connectivity index (χ0) is 28.4. The lowest BCUT2D eigenvalue weighted by Crippen LogP contribution is -2.31. The number of methoxy groups -OCH3 is 4. The Bertz CT molecular complexity index is 1600. The molecule has 1 aromatic heterocycles. The number of aliphatic hydroxyl groups is 1. The highest BCUT2D eigenvalue weighted by Crippen LogP contribution is 2.41. The summed E-state index contributed by atoms with van der Waals surface area (Å²) in [5.41, 5.74) is 2.92. The zero-order valence-electron chi connectivity index (χ0n) is 22.7. The molecule has 5 rings (SSSR count). The lowest BCUT2D eigenvalue weighted by Gasteiger charge is -2.25. The molecule has 1 fully saturated rings. The molecule has 206 valence electrons. The van der Waals surface area contributed by atoms with Crippen LogP contribution in [-0.4, -0.2) is 61.7 Å². The van der Waals surface area contributed by atoms with Gasteiger partial charge in [0.1, 0.15) is 17.3 Å². The van der Waals surface area contributed by atoms with E-state index in [4.69, 9.17) is 18.9 Å². The van der Waals surface area contributed by atoms with Gasteiger partial charge in [-0.2, -0.15) is 0 Å². The van der Waals surface area contributed by atoms with Crippen LogP contribution in [-0.2, 0) is 16.0 Å². The normalized spacial score (nSPS) is 16.4. The third-order valence-corrected chi connectivity index (χ3v) is 7.23. The van der Waals surface area contributed by atoms with Gasteiger partial charge >= 0.3 is 0 Å². The molecule has 1 amide bonds. The summed E-state index contributed by atoms with van der Waals surface area (Å²) in [6, 6.07) is 16.9. The van der Waals surface area contributed by atoms with Crippen LogP contribution in [0.2, 0.25) is 0 Å². The number of benzene rings is 3. The van der Waals surface area contributed by atoms with Gasteiger partial charge in [0.25, 0.3) is 11.7 Å². The Hall–Kier alpha value is -4.92. The maximum Gasteiger partial charge on any atom is 0.295 e. The van der Waals surface area contributed by atoms with Crippen LogP contribution >= 0.6 is 0 Å². The van der Waals surface area contributed by atoms with Gasteiger partial charge < -0.3 is 33.9 Å². The first-order chi connectivity index (χ1) is 19.4. The van der Waals surface area contributed by atoms with Crippen molar-refractivity contribution in [2.45, 2.75) is 12.5 Å². The summed E-state index contributed by atoms with van der Waals surface area (Å²) < 4.78 is 21.4. The summed E-state index contributed by atoms with van der Waals surface area (Å²) in [5, 5.41) is 12.4. The second-order valence-corrected chi connectivity index (χ2v) is 9.31. The van der Waals surface area contributed by atoms with Gasteiger partial charge in [-0.15, -0.1) is 0 Å². The highest BCUT2D eigenvalue weighted by atomic mass is 16.5. The summed E-state index contributed by atoms with van der Waals surface area (Å²) in [6.45, 7) is 0.244. The lowest BCUT2D eigenvalue weighted by molar-refractivity contribution is -0.139. The Morgan fingerprint density at radius 1 is 0.850 bits per heavy atom. The highest BCUT2D eigenvalue weighted by Gasteiger charge is 2.46. The number of carbonyl (C=O) groups is 2. The number of carbonyl (C=O) groups excluding carboxylic acids is 2. The number of ether oxygens (including phenoxy) is 4. The molecule has 9 nitrogen and oxygen atoms in total. The fourth-order valence-corrected chi connectivity index (χ4v) is 5.11. The second kappa shape index (κ2) is 11.1. The van der Waals surface area contributed by atoms with Crippen LogP contribution < -0.4 is 18.9 Å². The number of H-pyrrole nitrogens is 1. The fraction of sp³-hybridized carbons (Fsp3) is 0.226.